The number of aromatic nitrogens is 3. The molecule has 0 spiro atoms. The lowest BCUT2D eigenvalue weighted by atomic mass is 10.2. The largest absolute Gasteiger partial charge is 0.364 e. The minimum Gasteiger partial charge on any atom is -0.364 e. The number of primary amides is 1. The second-order valence-electron chi connectivity index (χ2n) is 4.19. The maximum Gasteiger partial charge on any atom is 0.269 e. The summed E-state index contributed by atoms with van der Waals surface area (Å²) in [4.78, 5) is 15.5. The predicted octanol–water partition coefficient (Wildman–Crippen LogP) is 1.95. The number of carbonyl (C=O) groups is 1. The number of thiazole rings is 1. The molecule has 1 aromatic carbocycles. The summed E-state index contributed by atoms with van der Waals surface area (Å²) in [6.45, 7) is 0.493. The maximum atomic E-state index is 11.0. The first kappa shape index (κ1) is 12.6. The summed E-state index contributed by atoms with van der Waals surface area (Å²) in [6.07, 6.45) is 1.60. The minimum absolute atomic E-state index is 0.142. The van der Waals surface area contributed by atoms with Crippen LogP contribution in [0.1, 0.15) is 16.2 Å². The molecule has 1 amide bonds. The molecular formula is C14H11N4OS. The molecule has 0 aliphatic rings. The van der Waals surface area contributed by atoms with Crippen LogP contribution in [-0.4, -0.2) is 20.7 Å². The second-order valence-corrected chi connectivity index (χ2v) is 5.05. The van der Waals surface area contributed by atoms with Gasteiger partial charge in [-0.3, -0.25) is 9.48 Å². The van der Waals surface area contributed by atoms with Gasteiger partial charge in [-0.15, -0.1) is 11.3 Å². The Morgan fingerprint density at radius 1 is 1.35 bits per heavy atom. The van der Waals surface area contributed by atoms with Crippen molar-refractivity contribution in [2.45, 2.75) is 6.54 Å². The molecule has 6 heteroatoms. The van der Waals surface area contributed by atoms with E-state index in [1.165, 1.54) is 0 Å². The lowest BCUT2D eigenvalue weighted by Gasteiger charge is -1.97. The molecule has 0 atom stereocenters. The van der Waals surface area contributed by atoms with Crippen molar-refractivity contribution in [3.63, 3.8) is 0 Å². The number of benzene rings is 1. The van der Waals surface area contributed by atoms with E-state index < -0.39 is 5.91 Å². The molecule has 0 aliphatic heterocycles. The topological polar surface area (TPSA) is 73.8 Å². The third-order valence-corrected chi connectivity index (χ3v) is 3.65. The van der Waals surface area contributed by atoms with Crippen molar-refractivity contribution in [2.24, 2.45) is 5.73 Å². The van der Waals surface area contributed by atoms with E-state index in [1.54, 1.807) is 22.2 Å². The molecule has 99 valence electrons. The molecule has 2 N–H and O–H groups in total. The number of carbonyl (C=O) groups excluding carboxylic acids is 1. The van der Waals surface area contributed by atoms with Gasteiger partial charge >= 0.3 is 0 Å². The summed E-state index contributed by atoms with van der Waals surface area (Å²) in [7, 11) is 0. The van der Waals surface area contributed by atoms with Gasteiger partial charge in [-0.2, -0.15) is 5.10 Å². The summed E-state index contributed by atoms with van der Waals surface area (Å²) in [5, 5.41) is 6.98. The Labute approximate surface area is 119 Å². The zero-order valence-electron chi connectivity index (χ0n) is 10.5. The van der Waals surface area contributed by atoms with E-state index in [4.69, 9.17) is 5.73 Å². The van der Waals surface area contributed by atoms with Crippen LogP contribution in [0, 0.1) is 6.07 Å². The molecule has 0 saturated carbocycles. The van der Waals surface area contributed by atoms with Gasteiger partial charge in [0.2, 0.25) is 0 Å². The molecular weight excluding hydrogens is 272 g/mol. The van der Waals surface area contributed by atoms with Gasteiger partial charge in [0, 0.05) is 23.2 Å². The molecule has 0 aliphatic carbocycles. The molecule has 0 saturated heterocycles. The van der Waals surface area contributed by atoms with Crippen molar-refractivity contribution in [1.82, 2.24) is 14.8 Å². The molecule has 3 rings (SSSR count). The van der Waals surface area contributed by atoms with Crippen LogP contribution >= 0.6 is 11.3 Å². The second kappa shape index (κ2) is 5.26. The van der Waals surface area contributed by atoms with Crippen molar-refractivity contribution in [3.05, 3.63) is 59.4 Å². The van der Waals surface area contributed by atoms with E-state index >= 15 is 0 Å². The first-order chi connectivity index (χ1) is 9.72. The summed E-state index contributed by atoms with van der Waals surface area (Å²) < 4.78 is 1.60. The monoisotopic (exact) mass is 283 g/mol. The number of hydrogen-bond acceptors (Lipinski definition) is 4. The predicted molar refractivity (Wildman–Crippen MR) is 76.2 cm³/mol. The number of amides is 1. The standard InChI is InChI=1S/C14H11N4OS/c15-13(19)12-6-7-18(17-12)8-11-9-20-14(16-11)10-4-2-1-3-5-10/h1-5,7,9H,8H2,(H2,15,19). The fourth-order valence-corrected chi connectivity index (χ4v) is 2.60. The SMILES string of the molecule is NC(=O)c1[c]cn(Cc2csc(-c3ccccc3)n2)n1. The summed E-state index contributed by atoms with van der Waals surface area (Å²) in [6, 6.07) is 12.7. The van der Waals surface area contributed by atoms with Crippen LogP contribution < -0.4 is 5.73 Å². The van der Waals surface area contributed by atoms with Crippen LogP contribution in [0.15, 0.2) is 41.9 Å². The lowest BCUT2D eigenvalue weighted by Crippen LogP contribution is -2.12. The average Bonchev–Trinajstić information content (AvgIpc) is 3.10. The highest BCUT2D eigenvalue weighted by Gasteiger charge is 2.08. The van der Waals surface area contributed by atoms with E-state index in [2.05, 4.69) is 16.1 Å². The highest BCUT2D eigenvalue weighted by Crippen LogP contribution is 2.23. The number of nitrogens with zero attached hydrogens (tertiary/aromatic N) is 3. The highest BCUT2D eigenvalue weighted by atomic mass is 32.1. The van der Waals surface area contributed by atoms with Gasteiger partial charge in [0.25, 0.3) is 5.91 Å². The van der Waals surface area contributed by atoms with E-state index in [1.807, 2.05) is 35.7 Å². The normalized spacial score (nSPS) is 10.6. The molecule has 1 radical (unpaired) electrons. The summed E-state index contributed by atoms with van der Waals surface area (Å²) in [5.74, 6) is -0.577. The zero-order chi connectivity index (χ0) is 13.9. The summed E-state index contributed by atoms with van der Waals surface area (Å²) in [5.41, 5.74) is 7.26. The summed E-state index contributed by atoms with van der Waals surface area (Å²) >= 11 is 1.58. The molecule has 0 fully saturated rings. The van der Waals surface area contributed by atoms with Crippen LogP contribution in [0.5, 0.6) is 0 Å². The van der Waals surface area contributed by atoms with Gasteiger partial charge in [-0.1, -0.05) is 30.3 Å². The Morgan fingerprint density at radius 3 is 2.85 bits per heavy atom. The first-order valence-corrected chi connectivity index (χ1v) is 6.85. The van der Waals surface area contributed by atoms with Crippen molar-refractivity contribution >= 4 is 17.2 Å². The fraction of sp³-hybridized carbons (Fsp3) is 0.0714. The number of rotatable bonds is 4. The zero-order valence-corrected chi connectivity index (χ0v) is 11.3. The van der Waals surface area contributed by atoms with Gasteiger partial charge in [0.1, 0.15) is 5.01 Å². The molecule has 0 unspecified atom stereocenters. The van der Waals surface area contributed by atoms with Gasteiger partial charge in [-0.25, -0.2) is 4.98 Å². The van der Waals surface area contributed by atoms with Gasteiger partial charge in [0.05, 0.1) is 12.2 Å². The Kier molecular flexibility index (Phi) is 3.30. The Balaban J connectivity index is 1.78. The van der Waals surface area contributed by atoms with Crippen molar-refractivity contribution in [1.29, 1.82) is 0 Å². The lowest BCUT2D eigenvalue weighted by molar-refractivity contribution is 0.0994. The molecule has 5 nitrogen and oxygen atoms in total. The van der Waals surface area contributed by atoms with Crippen LogP contribution in [0.4, 0.5) is 0 Å². The highest BCUT2D eigenvalue weighted by molar-refractivity contribution is 7.13. The van der Waals surface area contributed by atoms with E-state index in [0.29, 0.717) is 6.54 Å². The molecule has 0 bridgehead atoms. The van der Waals surface area contributed by atoms with Crippen LogP contribution in [0.3, 0.4) is 0 Å². The number of nitrogens with two attached hydrogens (primary N) is 1. The maximum absolute atomic E-state index is 11.0. The molecule has 3 aromatic rings. The minimum atomic E-state index is -0.577. The first-order valence-electron chi connectivity index (χ1n) is 5.97. The number of hydrogen-bond donors (Lipinski definition) is 1. The molecule has 20 heavy (non-hydrogen) atoms. The van der Waals surface area contributed by atoms with E-state index in [-0.39, 0.29) is 5.69 Å². The Morgan fingerprint density at radius 2 is 2.15 bits per heavy atom. The van der Waals surface area contributed by atoms with E-state index in [0.717, 1.165) is 16.3 Å². The molecule has 2 heterocycles. The third kappa shape index (κ3) is 2.60. The third-order valence-electron chi connectivity index (χ3n) is 2.71. The van der Waals surface area contributed by atoms with Crippen LogP contribution in [-0.2, 0) is 6.54 Å². The average molecular weight is 283 g/mol. The van der Waals surface area contributed by atoms with Gasteiger partial charge < -0.3 is 5.73 Å². The molecule has 2 aromatic heterocycles. The van der Waals surface area contributed by atoms with Crippen molar-refractivity contribution in [2.75, 3.05) is 0 Å². The Bertz CT molecular complexity index is 732. The Hall–Kier alpha value is -2.47. The smallest absolute Gasteiger partial charge is 0.269 e. The van der Waals surface area contributed by atoms with Crippen LogP contribution in [0.25, 0.3) is 10.6 Å². The quantitative estimate of drug-likeness (QED) is 0.795. The van der Waals surface area contributed by atoms with Gasteiger partial charge in [-0.05, 0) is 0 Å². The van der Waals surface area contributed by atoms with Gasteiger partial charge in [0.15, 0.2) is 5.69 Å². The van der Waals surface area contributed by atoms with Crippen molar-refractivity contribution < 1.29 is 4.79 Å². The van der Waals surface area contributed by atoms with Crippen molar-refractivity contribution in [3.8, 4) is 10.6 Å². The van der Waals surface area contributed by atoms with Crippen LogP contribution in [0.2, 0.25) is 0 Å². The van der Waals surface area contributed by atoms with E-state index in [9.17, 15) is 4.79 Å². The fourth-order valence-electron chi connectivity index (χ4n) is 1.78.